The summed E-state index contributed by atoms with van der Waals surface area (Å²) in [6.45, 7) is 1.70. The molecule has 0 fully saturated rings. The summed E-state index contributed by atoms with van der Waals surface area (Å²) < 4.78 is 15.8. The first-order chi connectivity index (χ1) is 11.2. The number of benzene rings is 2. The molecule has 1 aliphatic rings. The topological polar surface area (TPSA) is 56.8 Å². The number of hydrogen-bond acceptors (Lipinski definition) is 5. The summed E-state index contributed by atoms with van der Waals surface area (Å²) in [6.07, 6.45) is 3.69. The van der Waals surface area contributed by atoms with Gasteiger partial charge in [0.2, 0.25) is 6.79 Å². The Labute approximate surface area is 134 Å². The SMILES string of the molecule is COc1ccc(/C=C/Nc2cc3c(cc2C(C)=O)OCO3)cc1. The lowest BCUT2D eigenvalue weighted by molar-refractivity contribution is 0.101. The molecule has 0 unspecified atom stereocenters. The van der Waals surface area contributed by atoms with Crippen molar-refractivity contribution in [1.29, 1.82) is 0 Å². The predicted octanol–water partition coefficient (Wildman–Crippen LogP) is 3.71. The van der Waals surface area contributed by atoms with Gasteiger partial charge in [0.25, 0.3) is 0 Å². The third kappa shape index (κ3) is 3.29. The number of Topliss-reactive ketones (excluding diaryl/α,β-unsaturated/α-hetero) is 1. The molecule has 2 aromatic rings. The first-order valence-corrected chi connectivity index (χ1v) is 7.19. The Balaban J connectivity index is 1.79. The largest absolute Gasteiger partial charge is 0.497 e. The lowest BCUT2D eigenvalue weighted by Crippen LogP contribution is -1.99. The van der Waals surface area contributed by atoms with Crippen molar-refractivity contribution in [3.8, 4) is 17.2 Å². The van der Waals surface area contributed by atoms with Crippen LogP contribution in [-0.2, 0) is 0 Å². The van der Waals surface area contributed by atoms with Gasteiger partial charge in [-0.1, -0.05) is 12.1 Å². The molecule has 118 valence electrons. The molecule has 3 rings (SSSR count). The standard InChI is InChI=1S/C18H17NO4/c1-12(20)15-9-17-18(23-11-22-17)10-16(15)19-8-7-13-3-5-14(21-2)6-4-13/h3-10,19H,11H2,1-2H3/b8-7+. The van der Waals surface area contributed by atoms with Crippen molar-refractivity contribution < 1.29 is 19.0 Å². The van der Waals surface area contributed by atoms with Crippen LogP contribution in [0, 0.1) is 0 Å². The number of hydrogen-bond donors (Lipinski definition) is 1. The van der Waals surface area contributed by atoms with Gasteiger partial charge < -0.3 is 19.5 Å². The molecule has 0 atom stereocenters. The fourth-order valence-corrected chi connectivity index (χ4v) is 2.30. The number of anilines is 1. The molecule has 2 aromatic carbocycles. The molecule has 0 bridgehead atoms. The van der Waals surface area contributed by atoms with Crippen LogP contribution in [0.1, 0.15) is 22.8 Å². The van der Waals surface area contributed by atoms with Gasteiger partial charge >= 0.3 is 0 Å². The zero-order valence-electron chi connectivity index (χ0n) is 13.0. The fourth-order valence-electron chi connectivity index (χ4n) is 2.30. The van der Waals surface area contributed by atoms with Gasteiger partial charge in [-0.2, -0.15) is 0 Å². The van der Waals surface area contributed by atoms with Crippen molar-refractivity contribution in [3.63, 3.8) is 0 Å². The second-order valence-corrected chi connectivity index (χ2v) is 5.06. The summed E-state index contributed by atoms with van der Waals surface area (Å²) in [7, 11) is 1.63. The molecule has 23 heavy (non-hydrogen) atoms. The highest BCUT2D eigenvalue weighted by Gasteiger charge is 2.18. The average Bonchev–Trinajstić information content (AvgIpc) is 3.02. The van der Waals surface area contributed by atoms with Gasteiger partial charge in [-0.25, -0.2) is 0 Å². The van der Waals surface area contributed by atoms with Gasteiger partial charge in [-0.05, 0) is 36.8 Å². The minimum atomic E-state index is -0.0383. The summed E-state index contributed by atoms with van der Waals surface area (Å²) in [5.74, 6) is 2.00. The molecule has 0 saturated heterocycles. The first-order valence-electron chi connectivity index (χ1n) is 7.19. The molecular formula is C18H17NO4. The highest BCUT2D eigenvalue weighted by molar-refractivity contribution is 6.00. The van der Waals surface area contributed by atoms with Gasteiger partial charge in [0.05, 0.1) is 12.8 Å². The Bertz CT molecular complexity index is 750. The van der Waals surface area contributed by atoms with Gasteiger partial charge in [0.15, 0.2) is 17.3 Å². The number of ketones is 1. The Hall–Kier alpha value is -2.95. The van der Waals surface area contributed by atoms with Crippen LogP contribution in [0.3, 0.4) is 0 Å². The molecule has 0 aliphatic carbocycles. The number of carbonyl (C=O) groups is 1. The Kier molecular flexibility index (Phi) is 4.19. The molecule has 0 radical (unpaired) electrons. The van der Waals surface area contributed by atoms with E-state index in [9.17, 15) is 4.79 Å². The Morgan fingerprint density at radius 3 is 2.52 bits per heavy atom. The molecule has 0 aromatic heterocycles. The minimum absolute atomic E-state index is 0.0383. The molecule has 1 N–H and O–H groups in total. The number of rotatable bonds is 5. The second kappa shape index (κ2) is 6.44. The van der Waals surface area contributed by atoms with E-state index in [1.165, 1.54) is 6.92 Å². The summed E-state index contributed by atoms with van der Waals surface area (Å²) in [6, 6.07) is 11.2. The quantitative estimate of drug-likeness (QED) is 0.853. The van der Waals surface area contributed by atoms with E-state index in [4.69, 9.17) is 14.2 Å². The van der Waals surface area contributed by atoms with Crippen LogP contribution in [0.25, 0.3) is 6.08 Å². The van der Waals surface area contributed by atoms with Crippen molar-refractivity contribution in [1.82, 2.24) is 0 Å². The normalized spacial score (nSPS) is 12.4. The summed E-state index contributed by atoms with van der Waals surface area (Å²) in [5, 5.41) is 3.13. The number of nitrogens with one attached hydrogen (secondary N) is 1. The van der Waals surface area contributed by atoms with Crippen molar-refractivity contribution in [2.75, 3.05) is 19.2 Å². The van der Waals surface area contributed by atoms with Gasteiger partial charge in [-0.15, -0.1) is 0 Å². The first kappa shape index (κ1) is 15.0. The highest BCUT2D eigenvalue weighted by Crippen LogP contribution is 2.37. The lowest BCUT2D eigenvalue weighted by Gasteiger charge is -2.08. The molecular weight excluding hydrogens is 294 g/mol. The zero-order chi connectivity index (χ0) is 16.2. The van der Waals surface area contributed by atoms with E-state index in [2.05, 4.69) is 5.32 Å². The van der Waals surface area contributed by atoms with Gasteiger partial charge in [0, 0.05) is 17.8 Å². The van der Waals surface area contributed by atoms with Crippen LogP contribution in [-0.4, -0.2) is 19.7 Å². The third-order valence-corrected chi connectivity index (χ3v) is 3.52. The van der Waals surface area contributed by atoms with Crippen molar-refractivity contribution in [2.24, 2.45) is 0 Å². The van der Waals surface area contributed by atoms with Gasteiger partial charge in [0.1, 0.15) is 5.75 Å². The monoisotopic (exact) mass is 311 g/mol. The van der Waals surface area contributed by atoms with E-state index in [1.54, 1.807) is 25.4 Å². The second-order valence-electron chi connectivity index (χ2n) is 5.06. The van der Waals surface area contributed by atoms with Crippen molar-refractivity contribution in [2.45, 2.75) is 6.92 Å². The van der Waals surface area contributed by atoms with Gasteiger partial charge in [-0.3, -0.25) is 4.79 Å². The maximum absolute atomic E-state index is 11.8. The Morgan fingerprint density at radius 1 is 1.17 bits per heavy atom. The van der Waals surface area contributed by atoms with Crippen LogP contribution in [0.15, 0.2) is 42.6 Å². The molecule has 0 spiro atoms. The van der Waals surface area contributed by atoms with Crippen LogP contribution in [0.2, 0.25) is 0 Å². The van der Waals surface area contributed by atoms with Crippen molar-refractivity contribution >= 4 is 17.5 Å². The fraction of sp³-hybridized carbons (Fsp3) is 0.167. The summed E-state index contributed by atoms with van der Waals surface area (Å²) >= 11 is 0. The average molecular weight is 311 g/mol. The van der Waals surface area contributed by atoms with Crippen molar-refractivity contribution in [3.05, 3.63) is 53.7 Å². The Morgan fingerprint density at radius 2 is 1.87 bits per heavy atom. The molecule has 1 heterocycles. The molecule has 0 saturated carbocycles. The van der Waals surface area contributed by atoms with E-state index < -0.39 is 0 Å². The van der Waals surface area contributed by atoms with E-state index in [0.29, 0.717) is 22.7 Å². The molecule has 0 amide bonds. The molecule has 5 heteroatoms. The maximum atomic E-state index is 11.8. The predicted molar refractivity (Wildman–Crippen MR) is 88.2 cm³/mol. The van der Waals surface area contributed by atoms with Crippen LogP contribution >= 0.6 is 0 Å². The number of ether oxygens (including phenoxy) is 3. The summed E-state index contributed by atoms with van der Waals surface area (Å²) in [4.78, 5) is 11.8. The number of carbonyl (C=O) groups excluding carboxylic acids is 1. The smallest absolute Gasteiger partial charge is 0.231 e. The third-order valence-electron chi connectivity index (χ3n) is 3.52. The lowest BCUT2D eigenvalue weighted by atomic mass is 10.1. The molecule has 1 aliphatic heterocycles. The maximum Gasteiger partial charge on any atom is 0.231 e. The van der Waals surface area contributed by atoms with E-state index in [1.807, 2.05) is 30.3 Å². The van der Waals surface area contributed by atoms with E-state index in [0.717, 1.165) is 11.3 Å². The zero-order valence-corrected chi connectivity index (χ0v) is 13.0. The van der Waals surface area contributed by atoms with Crippen LogP contribution < -0.4 is 19.5 Å². The molecule has 5 nitrogen and oxygen atoms in total. The summed E-state index contributed by atoms with van der Waals surface area (Å²) in [5.41, 5.74) is 2.27. The van der Waals surface area contributed by atoms with Crippen LogP contribution in [0.4, 0.5) is 5.69 Å². The number of methoxy groups -OCH3 is 1. The van der Waals surface area contributed by atoms with E-state index in [-0.39, 0.29) is 12.6 Å². The highest BCUT2D eigenvalue weighted by atomic mass is 16.7. The minimum Gasteiger partial charge on any atom is -0.497 e. The van der Waals surface area contributed by atoms with Crippen LogP contribution in [0.5, 0.6) is 17.2 Å². The van der Waals surface area contributed by atoms with E-state index >= 15 is 0 Å². The number of fused-ring (bicyclic) bond motifs is 1.